The number of ether oxygens (including phenoxy) is 3. The first-order valence-corrected chi connectivity index (χ1v) is 13.7. The highest BCUT2D eigenvalue weighted by molar-refractivity contribution is 7.98. The molecular weight excluding hydrogens is 512 g/mol. The third-order valence-electron chi connectivity index (χ3n) is 6.64. The van der Waals surface area contributed by atoms with Crippen LogP contribution in [0.3, 0.4) is 0 Å². The molecule has 2 aromatic heterocycles. The lowest BCUT2D eigenvalue weighted by atomic mass is 10.0. The number of fused-ring (bicyclic) bond motifs is 2. The van der Waals surface area contributed by atoms with Gasteiger partial charge in [-0.1, -0.05) is 18.2 Å². The largest absolute Gasteiger partial charge is 0.497 e. The molecule has 3 heterocycles. The van der Waals surface area contributed by atoms with Gasteiger partial charge in [0.1, 0.15) is 11.5 Å². The van der Waals surface area contributed by atoms with E-state index < -0.39 is 0 Å². The second-order valence-electron chi connectivity index (χ2n) is 9.10. The summed E-state index contributed by atoms with van der Waals surface area (Å²) >= 11 is 1.68. The molecule has 8 heteroatoms. The molecule has 0 saturated carbocycles. The molecule has 196 valence electrons. The Hall–Kier alpha value is -4.43. The molecule has 0 unspecified atom stereocenters. The summed E-state index contributed by atoms with van der Waals surface area (Å²) in [6.45, 7) is 0.753. The topological polar surface area (TPSA) is 74.0 Å². The van der Waals surface area contributed by atoms with Crippen LogP contribution < -0.4 is 14.2 Å². The summed E-state index contributed by atoms with van der Waals surface area (Å²) < 4.78 is 22.1. The molecule has 5 aromatic rings. The van der Waals surface area contributed by atoms with E-state index >= 15 is 0 Å². The highest BCUT2D eigenvalue weighted by Crippen LogP contribution is 2.34. The Morgan fingerprint density at radius 2 is 1.87 bits per heavy atom. The maximum atomic E-state index is 13.9. The average Bonchev–Trinajstić information content (AvgIpc) is 3.67. The zero-order valence-corrected chi connectivity index (χ0v) is 22.4. The first-order chi connectivity index (χ1) is 19.1. The van der Waals surface area contributed by atoms with Gasteiger partial charge in [-0.25, -0.2) is 4.98 Å². The van der Waals surface area contributed by atoms with Gasteiger partial charge in [-0.05, 0) is 72.5 Å². The molecule has 0 spiro atoms. The van der Waals surface area contributed by atoms with Crippen LogP contribution in [0.1, 0.15) is 21.7 Å². The minimum atomic E-state index is -0.154. The predicted octanol–water partition coefficient (Wildman–Crippen LogP) is 6.80. The Balaban J connectivity index is 1.44. The van der Waals surface area contributed by atoms with Gasteiger partial charge >= 0.3 is 0 Å². The number of carbonyl (C=O) groups is 1. The number of aromatic nitrogens is 1. The van der Waals surface area contributed by atoms with Crippen LogP contribution in [0, 0.1) is 0 Å². The van der Waals surface area contributed by atoms with Crippen molar-refractivity contribution in [3.8, 4) is 28.5 Å². The SMILES string of the molecule is COc1cccc(-c2nc3cc(SC)ccc3cc2CN(Cc2ccco2)C(=O)c2ccc3c(c2)OCO3)c1. The van der Waals surface area contributed by atoms with Gasteiger partial charge in [0.15, 0.2) is 11.5 Å². The van der Waals surface area contributed by atoms with Gasteiger partial charge in [0, 0.05) is 28.0 Å². The van der Waals surface area contributed by atoms with Gasteiger partial charge in [-0.15, -0.1) is 11.8 Å². The lowest BCUT2D eigenvalue weighted by molar-refractivity contribution is 0.0717. The van der Waals surface area contributed by atoms with Crippen molar-refractivity contribution in [2.75, 3.05) is 20.2 Å². The van der Waals surface area contributed by atoms with Gasteiger partial charge in [0.05, 0.1) is 31.1 Å². The summed E-state index contributed by atoms with van der Waals surface area (Å²) in [6, 6.07) is 25.1. The van der Waals surface area contributed by atoms with Crippen LogP contribution in [0.2, 0.25) is 0 Å². The number of hydrogen-bond acceptors (Lipinski definition) is 7. The third kappa shape index (κ3) is 5.15. The minimum absolute atomic E-state index is 0.147. The van der Waals surface area contributed by atoms with Crippen LogP contribution >= 0.6 is 11.8 Å². The summed E-state index contributed by atoms with van der Waals surface area (Å²) in [5, 5.41) is 1.00. The fraction of sp³-hybridized carbons (Fsp3) is 0.161. The van der Waals surface area contributed by atoms with Crippen LogP contribution in [0.15, 0.2) is 94.4 Å². The van der Waals surface area contributed by atoms with Crippen molar-refractivity contribution in [3.63, 3.8) is 0 Å². The Kier molecular flexibility index (Phi) is 6.85. The number of rotatable bonds is 8. The molecule has 1 amide bonds. The van der Waals surface area contributed by atoms with Gasteiger partial charge in [-0.2, -0.15) is 0 Å². The Bertz CT molecular complexity index is 1650. The number of pyridine rings is 1. The molecule has 0 bridgehead atoms. The Morgan fingerprint density at radius 1 is 0.974 bits per heavy atom. The summed E-state index contributed by atoms with van der Waals surface area (Å²) in [4.78, 5) is 21.9. The summed E-state index contributed by atoms with van der Waals surface area (Å²) in [5.74, 6) is 2.47. The van der Waals surface area contributed by atoms with Crippen molar-refractivity contribution in [2.45, 2.75) is 18.0 Å². The van der Waals surface area contributed by atoms with E-state index in [9.17, 15) is 4.79 Å². The van der Waals surface area contributed by atoms with E-state index in [2.05, 4.69) is 24.3 Å². The molecule has 1 aliphatic rings. The quantitative estimate of drug-likeness (QED) is 0.201. The Morgan fingerprint density at radius 3 is 2.69 bits per heavy atom. The number of nitrogens with zero attached hydrogens (tertiary/aromatic N) is 2. The van der Waals surface area contributed by atoms with Crippen LogP contribution in [0.5, 0.6) is 17.2 Å². The van der Waals surface area contributed by atoms with Gasteiger partial charge in [0.25, 0.3) is 5.91 Å². The van der Waals surface area contributed by atoms with E-state index in [1.54, 1.807) is 48.2 Å². The second kappa shape index (κ2) is 10.7. The standard InChI is InChI=1S/C31H26N2O5S/c1-35-24-6-3-5-21(14-24)30-23(13-20-8-10-26(39-2)16-27(20)32-30)17-33(18-25-7-4-12-36-25)31(34)22-9-11-28-29(15-22)38-19-37-28/h3-16H,17-19H2,1-2H3. The molecular formula is C31H26N2O5S. The van der Waals surface area contributed by atoms with E-state index in [4.69, 9.17) is 23.6 Å². The van der Waals surface area contributed by atoms with E-state index in [0.717, 1.165) is 38.4 Å². The number of thioether (sulfide) groups is 1. The lowest BCUT2D eigenvalue weighted by Crippen LogP contribution is -2.30. The Labute approximate surface area is 230 Å². The number of hydrogen-bond donors (Lipinski definition) is 0. The fourth-order valence-corrected chi connectivity index (χ4v) is 5.10. The van der Waals surface area contributed by atoms with Crippen molar-refractivity contribution in [1.82, 2.24) is 9.88 Å². The van der Waals surface area contributed by atoms with E-state index in [-0.39, 0.29) is 12.7 Å². The lowest BCUT2D eigenvalue weighted by Gasteiger charge is -2.24. The first kappa shape index (κ1) is 24.9. The maximum Gasteiger partial charge on any atom is 0.254 e. The van der Waals surface area contributed by atoms with Gasteiger partial charge in [0.2, 0.25) is 6.79 Å². The number of methoxy groups -OCH3 is 1. The first-order valence-electron chi connectivity index (χ1n) is 12.4. The molecule has 3 aromatic carbocycles. The maximum absolute atomic E-state index is 13.9. The number of carbonyl (C=O) groups excluding carboxylic acids is 1. The highest BCUT2D eigenvalue weighted by Gasteiger charge is 2.23. The molecule has 7 nitrogen and oxygen atoms in total. The molecule has 0 fully saturated rings. The molecule has 0 radical (unpaired) electrons. The van der Waals surface area contributed by atoms with Gasteiger partial charge < -0.3 is 23.5 Å². The van der Waals surface area contributed by atoms with E-state index in [1.165, 1.54) is 0 Å². The minimum Gasteiger partial charge on any atom is -0.497 e. The van der Waals surface area contributed by atoms with Crippen LogP contribution in [0.25, 0.3) is 22.2 Å². The molecule has 0 aliphatic carbocycles. The fourth-order valence-electron chi connectivity index (χ4n) is 4.67. The van der Waals surface area contributed by atoms with Crippen molar-refractivity contribution < 1.29 is 23.4 Å². The summed E-state index contributed by atoms with van der Waals surface area (Å²) in [7, 11) is 1.65. The normalized spacial score (nSPS) is 12.1. The molecule has 6 rings (SSSR count). The molecule has 39 heavy (non-hydrogen) atoms. The van der Waals surface area contributed by atoms with E-state index in [1.807, 2.05) is 42.7 Å². The average molecular weight is 539 g/mol. The van der Waals surface area contributed by atoms with Crippen molar-refractivity contribution in [1.29, 1.82) is 0 Å². The summed E-state index contributed by atoms with van der Waals surface area (Å²) in [5.41, 5.74) is 4.01. The molecule has 0 saturated heterocycles. The number of furan rings is 1. The number of amides is 1. The second-order valence-corrected chi connectivity index (χ2v) is 9.97. The highest BCUT2D eigenvalue weighted by atomic mass is 32.2. The third-order valence-corrected chi connectivity index (χ3v) is 7.37. The van der Waals surface area contributed by atoms with Crippen molar-refractivity contribution in [2.24, 2.45) is 0 Å². The summed E-state index contributed by atoms with van der Waals surface area (Å²) in [6.07, 6.45) is 3.66. The number of benzene rings is 3. The van der Waals surface area contributed by atoms with Crippen LogP contribution in [-0.4, -0.2) is 35.9 Å². The molecule has 0 atom stereocenters. The zero-order valence-electron chi connectivity index (χ0n) is 21.5. The zero-order chi connectivity index (χ0) is 26.8. The van der Waals surface area contributed by atoms with Crippen LogP contribution in [-0.2, 0) is 13.1 Å². The van der Waals surface area contributed by atoms with E-state index in [0.29, 0.717) is 35.9 Å². The monoisotopic (exact) mass is 538 g/mol. The smallest absolute Gasteiger partial charge is 0.254 e. The van der Waals surface area contributed by atoms with Crippen molar-refractivity contribution >= 4 is 28.6 Å². The van der Waals surface area contributed by atoms with Gasteiger partial charge in [-0.3, -0.25) is 4.79 Å². The molecule has 1 aliphatic heterocycles. The van der Waals surface area contributed by atoms with Crippen molar-refractivity contribution in [3.05, 3.63) is 102 Å². The molecule has 0 N–H and O–H groups in total. The predicted molar refractivity (Wildman–Crippen MR) is 150 cm³/mol. The van der Waals surface area contributed by atoms with Crippen LogP contribution in [0.4, 0.5) is 0 Å².